The summed E-state index contributed by atoms with van der Waals surface area (Å²) < 4.78 is 11.4. The van der Waals surface area contributed by atoms with Gasteiger partial charge < -0.3 is 9.47 Å². The first-order chi connectivity index (χ1) is 12.4. The van der Waals surface area contributed by atoms with Crippen molar-refractivity contribution in [2.24, 2.45) is 0 Å². The average molecular weight is 376 g/mol. The van der Waals surface area contributed by atoms with Crippen molar-refractivity contribution in [3.8, 4) is 11.5 Å². The smallest absolute Gasteiger partial charge is 0.314 e. The normalized spacial score (nSPS) is 18.3. The van der Waals surface area contributed by atoms with E-state index in [-0.39, 0.29) is 6.10 Å². The van der Waals surface area contributed by atoms with Crippen molar-refractivity contribution in [2.75, 3.05) is 6.54 Å². The second kappa shape index (κ2) is 7.33. The standard InChI is InChI=1S/C19H18ClNO5/c1-11(2)25-19(22)18-13-5-3-4-6-16(13)26-17-8-7-12(20)9-14(17)15(18)10-21(23)24/h3-9,11,15,18H,10H2,1-2H3/t15-,18-/m1/s1. The van der Waals surface area contributed by atoms with E-state index in [9.17, 15) is 14.9 Å². The van der Waals surface area contributed by atoms with Crippen LogP contribution in [0.25, 0.3) is 0 Å². The minimum absolute atomic E-state index is 0.339. The number of carbonyl (C=O) groups excluding carboxylic acids is 1. The van der Waals surface area contributed by atoms with Crippen molar-refractivity contribution < 1.29 is 19.2 Å². The molecule has 6 nitrogen and oxygen atoms in total. The van der Waals surface area contributed by atoms with Crippen LogP contribution in [0.5, 0.6) is 11.5 Å². The third-order valence-corrected chi connectivity index (χ3v) is 4.43. The Bertz CT molecular complexity index is 852. The first kappa shape index (κ1) is 18.2. The van der Waals surface area contributed by atoms with E-state index in [0.717, 1.165) is 0 Å². The number of halogens is 1. The van der Waals surface area contributed by atoms with Gasteiger partial charge in [0.1, 0.15) is 11.5 Å². The predicted molar refractivity (Wildman–Crippen MR) is 96.5 cm³/mol. The summed E-state index contributed by atoms with van der Waals surface area (Å²) in [7, 11) is 0. The number of fused-ring (bicyclic) bond motifs is 2. The highest BCUT2D eigenvalue weighted by molar-refractivity contribution is 6.30. The number of hydrogen-bond donors (Lipinski definition) is 0. The Hall–Kier alpha value is -2.60. The lowest BCUT2D eigenvalue weighted by molar-refractivity contribution is -0.483. The van der Waals surface area contributed by atoms with Gasteiger partial charge in [-0.2, -0.15) is 0 Å². The minimum atomic E-state index is -0.862. The molecule has 0 N–H and O–H groups in total. The van der Waals surface area contributed by atoms with Crippen LogP contribution in [-0.2, 0) is 9.53 Å². The zero-order valence-electron chi connectivity index (χ0n) is 14.3. The number of para-hydroxylation sites is 1. The lowest BCUT2D eigenvalue weighted by Gasteiger charge is -2.23. The molecule has 0 amide bonds. The molecule has 0 fully saturated rings. The summed E-state index contributed by atoms with van der Waals surface area (Å²) >= 11 is 6.11. The average Bonchev–Trinajstić information content (AvgIpc) is 2.68. The molecule has 1 aliphatic heterocycles. The van der Waals surface area contributed by atoms with Crippen LogP contribution in [-0.4, -0.2) is 23.5 Å². The fraction of sp³-hybridized carbons (Fsp3) is 0.316. The molecule has 3 rings (SSSR count). The number of nitrogens with zero attached hydrogens (tertiary/aromatic N) is 1. The zero-order valence-corrected chi connectivity index (χ0v) is 15.1. The van der Waals surface area contributed by atoms with Crippen LogP contribution in [0.4, 0.5) is 0 Å². The Morgan fingerprint density at radius 2 is 1.92 bits per heavy atom. The second-order valence-corrected chi connectivity index (χ2v) is 6.84. The lowest BCUT2D eigenvalue weighted by Crippen LogP contribution is -2.28. The summed E-state index contributed by atoms with van der Waals surface area (Å²) in [5.74, 6) is -1.20. The molecule has 2 atom stereocenters. The highest BCUT2D eigenvalue weighted by Gasteiger charge is 2.41. The zero-order chi connectivity index (χ0) is 18.8. The Kier molecular flexibility index (Phi) is 5.13. The minimum Gasteiger partial charge on any atom is -0.462 e. The van der Waals surface area contributed by atoms with Crippen LogP contribution >= 0.6 is 11.6 Å². The van der Waals surface area contributed by atoms with Gasteiger partial charge in [0.15, 0.2) is 0 Å². The van der Waals surface area contributed by atoms with E-state index < -0.39 is 29.3 Å². The van der Waals surface area contributed by atoms with Gasteiger partial charge in [0, 0.05) is 21.1 Å². The van der Waals surface area contributed by atoms with Crippen LogP contribution in [0, 0.1) is 10.1 Å². The third kappa shape index (κ3) is 3.65. The van der Waals surface area contributed by atoms with Crippen LogP contribution in [0.3, 0.4) is 0 Å². The van der Waals surface area contributed by atoms with E-state index in [1.54, 1.807) is 56.3 Å². The molecule has 0 aliphatic carbocycles. The van der Waals surface area contributed by atoms with Gasteiger partial charge in [0.2, 0.25) is 6.54 Å². The molecule has 0 aromatic heterocycles. The summed E-state index contributed by atoms with van der Waals surface area (Å²) in [5, 5.41) is 11.8. The molecular formula is C19H18ClNO5. The van der Waals surface area contributed by atoms with E-state index >= 15 is 0 Å². The highest BCUT2D eigenvalue weighted by atomic mass is 35.5. The Labute approximate surface area is 155 Å². The van der Waals surface area contributed by atoms with E-state index in [4.69, 9.17) is 21.1 Å². The molecule has 2 aromatic carbocycles. The van der Waals surface area contributed by atoms with E-state index in [1.165, 1.54) is 0 Å². The van der Waals surface area contributed by atoms with Gasteiger partial charge in [-0.25, -0.2) is 0 Å². The Morgan fingerprint density at radius 3 is 2.62 bits per heavy atom. The molecule has 1 aliphatic rings. The third-order valence-electron chi connectivity index (χ3n) is 4.20. The second-order valence-electron chi connectivity index (χ2n) is 6.41. The number of esters is 1. The lowest BCUT2D eigenvalue weighted by atomic mass is 9.81. The Balaban J connectivity index is 2.21. The fourth-order valence-corrected chi connectivity index (χ4v) is 3.39. The van der Waals surface area contributed by atoms with Gasteiger partial charge in [-0.1, -0.05) is 29.8 Å². The van der Waals surface area contributed by atoms with Gasteiger partial charge in [-0.05, 0) is 38.1 Å². The van der Waals surface area contributed by atoms with Crippen molar-refractivity contribution in [1.29, 1.82) is 0 Å². The van der Waals surface area contributed by atoms with Crippen molar-refractivity contribution >= 4 is 17.6 Å². The molecule has 0 unspecified atom stereocenters. The summed E-state index contributed by atoms with van der Waals surface area (Å²) in [6, 6.07) is 12.0. The monoisotopic (exact) mass is 375 g/mol. The van der Waals surface area contributed by atoms with Crippen molar-refractivity contribution in [2.45, 2.75) is 31.8 Å². The molecule has 136 valence electrons. The van der Waals surface area contributed by atoms with Crippen molar-refractivity contribution in [3.63, 3.8) is 0 Å². The molecule has 2 aromatic rings. The largest absolute Gasteiger partial charge is 0.462 e. The summed E-state index contributed by atoms with van der Waals surface area (Å²) in [6.45, 7) is 3.04. The van der Waals surface area contributed by atoms with Crippen LogP contribution in [0.2, 0.25) is 5.02 Å². The van der Waals surface area contributed by atoms with Gasteiger partial charge >= 0.3 is 5.97 Å². The van der Waals surface area contributed by atoms with Crippen molar-refractivity contribution in [1.82, 2.24) is 0 Å². The maximum absolute atomic E-state index is 12.9. The number of carbonyl (C=O) groups is 1. The molecular weight excluding hydrogens is 358 g/mol. The number of benzene rings is 2. The molecule has 0 spiro atoms. The fourth-order valence-electron chi connectivity index (χ4n) is 3.21. The molecule has 0 saturated carbocycles. The molecule has 1 heterocycles. The van der Waals surface area contributed by atoms with E-state index in [0.29, 0.717) is 27.6 Å². The topological polar surface area (TPSA) is 78.7 Å². The number of rotatable bonds is 4. The van der Waals surface area contributed by atoms with Gasteiger partial charge in [0.25, 0.3) is 0 Å². The highest BCUT2D eigenvalue weighted by Crippen LogP contribution is 2.47. The number of hydrogen-bond acceptors (Lipinski definition) is 5. The first-order valence-corrected chi connectivity index (χ1v) is 8.63. The van der Waals surface area contributed by atoms with Crippen LogP contribution in [0.15, 0.2) is 42.5 Å². The summed E-state index contributed by atoms with van der Waals surface area (Å²) in [6.07, 6.45) is -0.339. The van der Waals surface area contributed by atoms with Gasteiger partial charge in [-0.3, -0.25) is 14.9 Å². The SMILES string of the molecule is CC(C)OC(=O)[C@@H]1c2ccccc2Oc2ccc(Cl)cc2[C@H]1C[N+](=O)[O-]. The van der Waals surface area contributed by atoms with Gasteiger partial charge in [-0.15, -0.1) is 0 Å². The molecule has 0 saturated heterocycles. The Morgan fingerprint density at radius 1 is 1.23 bits per heavy atom. The molecule has 7 heteroatoms. The molecule has 0 bridgehead atoms. The predicted octanol–water partition coefficient (Wildman–Crippen LogP) is 4.54. The van der Waals surface area contributed by atoms with Crippen LogP contribution < -0.4 is 4.74 Å². The maximum Gasteiger partial charge on any atom is 0.314 e. The van der Waals surface area contributed by atoms with E-state index in [2.05, 4.69) is 0 Å². The first-order valence-electron chi connectivity index (χ1n) is 8.25. The van der Waals surface area contributed by atoms with Gasteiger partial charge in [0.05, 0.1) is 17.9 Å². The summed E-state index contributed by atoms with van der Waals surface area (Å²) in [4.78, 5) is 23.8. The quantitative estimate of drug-likeness (QED) is 0.445. The molecule has 26 heavy (non-hydrogen) atoms. The maximum atomic E-state index is 12.9. The number of ether oxygens (including phenoxy) is 2. The van der Waals surface area contributed by atoms with Crippen LogP contribution in [0.1, 0.15) is 36.8 Å². The number of nitro groups is 1. The molecule has 0 radical (unpaired) electrons. The summed E-state index contributed by atoms with van der Waals surface area (Å²) in [5.41, 5.74) is 1.09. The van der Waals surface area contributed by atoms with E-state index in [1.807, 2.05) is 0 Å². The van der Waals surface area contributed by atoms with Crippen molar-refractivity contribution in [3.05, 3.63) is 68.7 Å².